The summed E-state index contributed by atoms with van der Waals surface area (Å²) in [7, 11) is 1.69. The molecule has 33 heavy (non-hydrogen) atoms. The number of ether oxygens (including phenoxy) is 3. The molecule has 1 saturated heterocycles. The van der Waals surface area contributed by atoms with E-state index in [0.717, 1.165) is 55.2 Å². The molecule has 2 aromatic carbocycles. The van der Waals surface area contributed by atoms with Crippen LogP contribution in [0.2, 0.25) is 0 Å². The van der Waals surface area contributed by atoms with Crippen molar-refractivity contribution in [1.29, 1.82) is 0 Å². The molecule has 4 rings (SSSR count). The largest absolute Gasteiger partial charge is 0.496 e. The molecule has 0 saturated carbocycles. The van der Waals surface area contributed by atoms with Crippen LogP contribution in [-0.4, -0.2) is 61.8 Å². The van der Waals surface area contributed by atoms with Crippen LogP contribution in [0.4, 0.5) is 0 Å². The zero-order valence-corrected chi connectivity index (χ0v) is 20.1. The number of methoxy groups -OCH3 is 1. The predicted octanol–water partition coefficient (Wildman–Crippen LogP) is 3.91. The lowest BCUT2D eigenvalue weighted by molar-refractivity contribution is -0.151. The van der Waals surface area contributed by atoms with Crippen molar-refractivity contribution in [2.75, 3.05) is 40.0 Å². The zero-order chi connectivity index (χ0) is 23.2. The molecule has 2 aromatic rings. The highest BCUT2D eigenvalue weighted by Gasteiger charge is 2.31. The minimum Gasteiger partial charge on any atom is -0.496 e. The second-order valence-corrected chi connectivity index (χ2v) is 9.41. The van der Waals surface area contributed by atoms with Gasteiger partial charge in [-0.3, -0.25) is 9.69 Å². The van der Waals surface area contributed by atoms with E-state index < -0.39 is 6.10 Å². The SMILES string of the molecule is COc1ccccc1CN1CCO[C@H](C(=O)N(Cc2ccc3c(c2)OCCC3)CC(C)C)C1. The molecule has 2 heterocycles. The van der Waals surface area contributed by atoms with Crippen molar-refractivity contribution in [3.05, 3.63) is 59.2 Å². The second-order valence-electron chi connectivity index (χ2n) is 9.41. The van der Waals surface area contributed by atoms with Gasteiger partial charge in [-0.2, -0.15) is 0 Å². The number of carbonyl (C=O) groups is 1. The third-order valence-corrected chi connectivity index (χ3v) is 6.26. The van der Waals surface area contributed by atoms with Gasteiger partial charge in [0.25, 0.3) is 5.91 Å². The van der Waals surface area contributed by atoms with Crippen LogP contribution in [0.5, 0.6) is 11.5 Å². The highest BCUT2D eigenvalue weighted by atomic mass is 16.5. The van der Waals surface area contributed by atoms with Gasteiger partial charge in [-0.1, -0.05) is 44.2 Å². The van der Waals surface area contributed by atoms with Gasteiger partial charge in [0.15, 0.2) is 0 Å². The molecule has 1 fully saturated rings. The van der Waals surface area contributed by atoms with Gasteiger partial charge in [0.2, 0.25) is 0 Å². The van der Waals surface area contributed by atoms with E-state index in [1.807, 2.05) is 23.1 Å². The number of fused-ring (bicyclic) bond motifs is 1. The fourth-order valence-corrected chi connectivity index (χ4v) is 4.65. The third kappa shape index (κ3) is 6.06. The molecule has 1 atom stereocenters. The summed E-state index contributed by atoms with van der Waals surface area (Å²) in [6.45, 7) is 8.99. The van der Waals surface area contributed by atoms with E-state index in [-0.39, 0.29) is 5.91 Å². The Kier molecular flexibility index (Phi) is 7.89. The van der Waals surface area contributed by atoms with Crippen molar-refractivity contribution in [3.8, 4) is 11.5 Å². The van der Waals surface area contributed by atoms with E-state index in [9.17, 15) is 4.79 Å². The molecule has 0 aliphatic carbocycles. The molecule has 2 aliphatic rings. The van der Waals surface area contributed by atoms with E-state index in [1.54, 1.807) is 7.11 Å². The average Bonchev–Trinajstić information content (AvgIpc) is 2.83. The van der Waals surface area contributed by atoms with E-state index in [0.29, 0.717) is 32.2 Å². The van der Waals surface area contributed by atoms with E-state index in [1.165, 1.54) is 5.56 Å². The standard InChI is InChI=1S/C27H36N2O4/c1-20(2)16-29(17-21-10-11-22-8-6-13-32-25(22)15-21)27(30)26-19-28(12-14-33-26)18-23-7-4-5-9-24(23)31-3/h4-5,7,9-11,15,20,26H,6,8,12-14,16-19H2,1-3H3/t26-/m0/s1. The van der Waals surface area contributed by atoms with E-state index >= 15 is 0 Å². The maximum atomic E-state index is 13.6. The number of rotatable bonds is 8. The Hall–Kier alpha value is -2.57. The summed E-state index contributed by atoms with van der Waals surface area (Å²) in [5.41, 5.74) is 3.49. The number of morpholine rings is 1. The summed E-state index contributed by atoms with van der Waals surface area (Å²) in [6.07, 6.45) is 1.66. The van der Waals surface area contributed by atoms with Crippen LogP contribution in [0.25, 0.3) is 0 Å². The zero-order valence-electron chi connectivity index (χ0n) is 20.1. The van der Waals surface area contributed by atoms with Crippen molar-refractivity contribution in [2.24, 2.45) is 5.92 Å². The smallest absolute Gasteiger partial charge is 0.253 e. The summed E-state index contributed by atoms with van der Waals surface area (Å²) in [5.74, 6) is 2.28. The molecule has 2 aliphatic heterocycles. The maximum absolute atomic E-state index is 13.6. The Balaban J connectivity index is 1.44. The minimum absolute atomic E-state index is 0.0621. The number of hydrogen-bond acceptors (Lipinski definition) is 5. The van der Waals surface area contributed by atoms with Gasteiger partial charge in [-0.15, -0.1) is 0 Å². The number of hydrogen-bond donors (Lipinski definition) is 0. The van der Waals surface area contributed by atoms with Crippen molar-refractivity contribution in [3.63, 3.8) is 0 Å². The predicted molar refractivity (Wildman–Crippen MR) is 129 cm³/mol. The van der Waals surface area contributed by atoms with Gasteiger partial charge in [0.1, 0.15) is 17.6 Å². The van der Waals surface area contributed by atoms with Crippen LogP contribution in [0, 0.1) is 5.92 Å². The lowest BCUT2D eigenvalue weighted by Gasteiger charge is -2.36. The quantitative estimate of drug-likeness (QED) is 0.608. The van der Waals surface area contributed by atoms with Crippen molar-refractivity contribution >= 4 is 5.91 Å². The molecular weight excluding hydrogens is 416 g/mol. The van der Waals surface area contributed by atoms with Crippen LogP contribution >= 0.6 is 0 Å². The van der Waals surface area contributed by atoms with Crippen molar-refractivity contribution < 1.29 is 19.0 Å². The minimum atomic E-state index is -0.457. The van der Waals surface area contributed by atoms with Crippen molar-refractivity contribution in [2.45, 2.75) is 45.9 Å². The first-order valence-corrected chi connectivity index (χ1v) is 12.0. The van der Waals surface area contributed by atoms with Crippen LogP contribution in [0.15, 0.2) is 42.5 Å². The van der Waals surface area contributed by atoms with Gasteiger partial charge in [0.05, 0.1) is 20.3 Å². The first-order chi connectivity index (χ1) is 16.0. The maximum Gasteiger partial charge on any atom is 0.253 e. The molecule has 6 heteroatoms. The molecule has 0 bridgehead atoms. The lowest BCUT2D eigenvalue weighted by atomic mass is 10.0. The van der Waals surface area contributed by atoms with Crippen LogP contribution in [0.3, 0.4) is 0 Å². The summed E-state index contributed by atoms with van der Waals surface area (Å²) >= 11 is 0. The lowest BCUT2D eigenvalue weighted by Crippen LogP contribution is -2.51. The number of carbonyl (C=O) groups excluding carboxylic acids is 1. The Labute approximate surface area is 197 Å². The van der Waals surface area contributed by atoms with Crippen LogP contribution in [0.1, 0.15) is 37.0 Å². The van der Waals surface area contributed by atoms with Gasteiger partial charge in [0, 0.05) is 38.3 Å². The Morgan fingerprint density at radius 3 is 2.88 bits per heavy atom. The van der Waals surface area contributed by atoms with Crippen molar-refractivity contribution in [1.82, 2.24) is 9.80 Å². The van der Waals surface area contributed by atoms with Gasteiger partial charge >= 0.3 is 0 Å². The Morgan fingerprint density at radius 2 is 2.06 bits per heavy atom. The number of para-hydroxylation sites is 1. The molecule has 0 N–H and O–H groups in total. The first-order valence-electron chi connectivity index (χ1n) is 12.0. The topological polar surface area (TPSA) is 51.2 Å². The molecule has 0 radical (unpaired) electrons. The summed E-state index contributed by atoms with van der Waals surface area (Å²) in [5, 5.41) is 0. The number of nitrogens with zero attached hydrogens (tertiary/aromatic N) is 2. The highest BCUT2D eigenvalue weighted by Crippen LogP contribution is 2.27. The summed E-state index contributed by atoms with van der Waals surface area (Å²) < 4.78 is 17.3. The first kappa shape index (κ1) is 23.6. The molecule has 0 spiro atoms. The molecule has 1 amide bonds. The number of benzene rings is 2. The second kappa shape index (κ2) is 11.0. The number of amides is 1. The van der Waals surface area contributed by atoms with E-state index in [2.05, 4.69) is 43.0 Å². The van der Waals surface area contributed by atoms with Gasteiger partial charge < -0.3 is 19.1 Å². The Bertz CT molecular complexity index is 945. The van der Waals surface area contributed by atoms with Crippen LogP contribution < -0.4 is 9.47 Å². The molecule has 6 nitrogen and oxygen atoms in total. The summed E-state index contributed by atoms with van der Waals surface area (Å²) in [4.78, 5) is 17.8. The normalized spacial score (nSPS) is 18.5. The van der Waals surface area contributed by atoms with Gasteiger partial charge in [-0.25, -0.2) is 0 Å². The van der Waals surface area contributed by atoms with E-state index in [4.69, 9.17) is 14.2 Å². The summed E-state index contributed by atoms with van der Waals surface area (Å²) in [6, 6.07) is 14.4. The van der Waals surface area contributed by atoms with Crippen LogP contribution in [-0.2, 0) is 29.0 Å². The molecular formula is C27H36N2O4. The fraction of sp³-hybridized carbons (Fsp3) is 0.519. The fourth-order valence-electron chi connectivity index (χ4n) is 4.65. The number of aryl methyl sites for hydroxylation is 1. The molecule has 178 valence electrons. The van der Waals surface area contributed by atoms with Gasteiger partial charge in [-0.05, 0) is 42.0 Å². The average molecular weight is 453 g/mol. The molecule has 0 aromatic heterocycles. The molecule has 0 unspecified atom stereocenters. The monoisotopic (exact) mass is 452 g/mol. The Morgan fingerprint density at radius 1 is 1.21 bits per heavy atom. The third-order valence-electron chi connectivity index (χ3n) is 6.26. The highest BCUT2D eigenvalue weighted by molar-refractivity contribution is 5.81.